The zero-order chi connectivity index (χ0) is 12.2. The molecule has 16 heavy (non-hydrogen) atoms. The van der Waals surface area contributed by atoms with Gasteiger partial charge in [-0.1, -0.05) is 44.2 Å². The van der Waals surface area contributed by atoms with Crippen LogP contribution < -0.4 is 0 Å². The number of rotatable bonds is 5. The number of aliphatic hydroxyl groups excluding tert-OH is 1. The molecule has 0 radical (unpaired) electrons. The Labute approximate surface area is 99.4 Å². The first-order valence-corrected chi connectivity index (χ1v) is 8.79. The van der Waals surface area contributed by atoms with Gasteiger partial charge in [0.15, 0.2) is 8.32 Å². The summed E-state index contributed by atoms with van der Waals surface area (Å²) in [6.07, 6.45) is -0.508. The van der Waals surface area contributed by atoms with Crippen LogP contribution in [0.3, 0.4) is 0 Å². The van der Waals surface area contributed by atoms with Crippen molar-refractivity contribution < 1.29 is 9.53 Å². The second-order valence-electron chi connectivity index (χ2n) is 5.00. The Hall–Kier alpha value is -0.643. The van der Waals surface area contributed by atoms with Crippen molar-refractivity contribution in [3.05, 3.63) is 35.9 Å². The summed E-state index contributed by atoms with van der Waals surface area (Å²) in [5.41, 5.74) is 1.49. The third kappa shape index (κ3) is 3.74. The van der Waals surface area contributed by atoms with Gasteiger partial charge >= 0.3 is 0 Å². The second-order valence-corrected chi connectivity index (χ2v) is 9.65. The topological polar surface area (TPSA) is 29.5 Å². The van der Waals surface area contributed by atoms with Gasteiger partial charge in [0.05, 0.1) is 6.61 Å². The van der Waals surface area contributed by atoms with E-state index in [1.807, 2.05) is 30.3 Å². The number of hydrogen-bond donors (Lipinski definition) is 1. The molecule has 0 aliphatic heterocycles. The summed E-state index contributed by atoms with van der Waals surface area (Å²) in [6.45, 7) is 9.15. The van der Waals surface area contributed by atoms with Gasteiger partial charge in [-0.25, -0.2) is 0 Å². The predicted molar refractivity (Wildman–Crippen MR) is 69.9 cm³/mol. The molecule has 0 aromatic heterocycles. The van der Waals surface area contributed by atoms with Gasteiger partial charge in [-0.2, -0.15) is 0 Å². The van der Waals surface area contributed by atoms with E-state index in [9.17, 15) is 5.11 Å². The molecule has 1 aromatic rings. The van der Waals surface area contributed by atoms with E-state index < -0.39 is 14.4 Å². The number of benzene rings is 1. The summed E-state index contributed by atoms with van der Waals surface area (Å²) < 4.78 is 5.90. The van der Waals surface area contributed by atoms with E-state index in [0.29, 0.717) is 12.1 Å². The van der Waals surface area contributed by atoms with Gasteiger partial charge in [0.25, 0.3) is 0 Å². The SMILES string of the molecule is CC(C)[Si](C)(C)OC[C@@H](O)c1ccccc1. The first-order valence-electron chi connectivity index (χ1n) is 5.80. The largest absolute Gasteiger partial charge is 0.414 e. The van der Waals surface area contributed by atoms with Crippen molar-refractivity contribution in [3.63, 3.8) is 0 Å². The van der Waals surface area contributed by atoms with E-state index in [2.05, 4.69) is 26.9 Å². The minimum absolute atomic E-state index is 0.404. The standard InChI is InChI=1S/C13H22O2Si/c1-11(2)16(3,4)15-10-13(14)12-8-6-5-7-9-12/h5-9,11,13-14H,10H2,1-4H3/t13-/m1/s1. The molecule has 0 saturated heterocycles. The van der Waals surface area contributed by atoms with Gasteiger partial charge in [0.1, 0.15) is 6.10 Å². The lowest BCUT2D eigenvalue weighted by molar-refractivity contribution is 0.102. The van der Waals surface area contributed by atoms with Crippen LogP contribution in [0.2, 0.25) is 18.6 Å². The molecule has 0 unspecified atom stereocenters. The van der Waals surface area contributed by atoms with Crippen molar-refractivity contribution >= 4 is 8.32 Å². The smallest absolute Gasteiger partial charge is 0.189 e. The molecule has 0 amide bonds. The Morgan fingerprint density at radius 3 is 2.25 bits per heavy atom. The molecule has 2 nitrogen and oxygen atoms in total. The van der Waals surface area contributed by atoms with Crippen LogP contribution in [0, 0.1) is 0 Å². The van der Waals surface area contributed by atoms with E-state index >= 15 is 0 Å². The molecular weight excluding hydrogens is 216 g/mol. The summed E-state index contributed by atoms with van der Waals surface area (Å²) >= 11 is 0. The zero-order valence-corrected chi connectivity index (χ0v) is 11.6. The minimum atomic E-state index is -1.64. The molecule has 0 spiro atoms. The molecule has 0 fully saturated rings. The second kappa shape index (κ2) is 5.62. The van der Waals surface area contributed by atoms with E-state index in [-0.39, 0.29) is 0 Å². The van der Waals surface area contributed by atoms with Crippen LogP contribution in [0.1, 0.15) is 25.5 Å². The molecule has 0 aliphatic carbocycles. The molecular formula is C13H22O2Si. The minimum Gasteiger partial charge on any atom is -0.414 e. The van der Waals surface area contributed by atoms with Crippen LogP contribution in [-0.2, 0) is 4.43 Å². The van der Waals surface area contributed by atoms with E-state index in [1.165, 1.54) is 0 Å². The van der Waals surface area contributed by atoms with Crippen LogP contribution in [-0.4, -0.2) is 20.0 Å². The fourth-order valence-corrected chi connectivity index (χ4v) is 2.15. The van der Waals surface area contributed by atoms with Crippen molar-refractivity contribution in [2.75, 3.05) is 6.61 Å². The maximum Gasteiger partial charge on any atom is 0.189 e. The van der Waals surface area contributed by atoms with Gasteiger partial charge in [-0.05, 0) is 24.2 Å². The van der Waals surface area contributed by atoms with Crippen molar-refractivity contribution in [2.45, 2.75) is 38.6 Å². The lowest BCUT2D eigenvalue weighted by Crippen LogP contribution is -2.35. The lowest BCUT2D eigenvalue weighted by Gasteiger charge is -2.28. The van der Waals surface area contributed by atoms with Gasteiger partial charge in [-0.15, -0.1) is 0 Å². The van der Waals surface area contributed by atoms with Crippen LogP contribution in [0.25, 0.3) is 0 Å². The highest BCUT2D eigenvalue weighted by Gasteiger charge is 2.27. The van der Waals surface area contributed by atoms with Gasteiger partial charge in [0, 0.05) is 0 Å². The molecule has 1 aromatic carbocycles. The van der Waals surface area contributed by atoms with E-state index in [1.54, 1.807) is 0 Å². The Kier molecular flexibility index (Phi) is 4.71. The van der Waals surface area contributed by atoms with Crippen LogP contribution >= 0.6 is 0 Å². The Morgan fingerprint density at radius 2 is 1.75 bits per heavy atom. The van der Waals surface area contributed by atoms with Crippen LogP contribution in [0.5, 0.6) is 0 Å². The summed E-state index contributed by atoms with van der Waals surface area (Å²) in [6, 6.07) is 9.67. The molecule has 1 N–H and O–H groups in total. The van der Waals surface area contributed by atoms with Crippen molar-refractivity contribution in [2.24, 2.45) is 0 Å². The molecule has 0 heterocycles. The molecule has 1 atom stereocenters. The quantitative estimate of drug-likeness (QED) is 0.797. The first kappa shape index (κ1) is 13.4. The van der Waals surface area contributed by atoms with E-state index in [0.717, 1.165) is 5.56 Å². The Balaban J connectivity index is 2.51. The van der Waals surface area contributed by atoms with Crippen LogP contribution in [0.15, 0.2) is 30.3 Å². The van der Waals surface area contributed by atoms with E-state index in [4.69, 9.17) is 4.43 Å². The molecule has 90 valence electrons. The summed E-state index contributed by atoms with van der Waals surface area (Å²) in [5, 5.41) is 9.96. The first-order chi connectivity index (χ1) is 7.43. The monoisotopic (exact) mass is 238 g/mol. The van der Waals surface area contributed by atoms with Crippen molar-refractivity contribution in [3.8, 4) is 0 Å². The highest BCUT2D eigenvalue weighted by molar-refractivity contribution is 6.72. The Morgan fingerprint density at radius 1 is 1.19 bits per heavy atom. The zero-order valence-electron chi connectivity index (χ0n) is 10.6. The number of aliphatic hydroxyl groups is 1. The fourth-order valence-electron chi connectivity index (χ4n) is 1.23. The lowest BCUT2D eigenvalue weighted by atomic mass is 10.1. The van der Waals surface area contributed by atoms with Crippen LogP contribution in [0.4, 0.5) is 0 Å². The summed E-state index contributed by atoms with van der Waals surface area (Å²) in [5.74, 6) is 0. The highest BCUT2D eigenvalue weighted by atomic mass is 28.4. The summed E-state index contributed by atoms with van der Waals surface area (Å²) in [4.78, 5) is 0. The molecule has 0 aliphatic rings. The fraction of sp³-hybridized carbons (Fsp3) is 0.538. The highest BCUT2D eigenvalue weighted by Crippen LogP contribution is 2.23. The Bertz CT molecular complexity index is 309. The third-order valence-electron chi connectivity index (χ3n) is 3.19. The van der Waals surface area contributed by atoms with Gasteiger partial charge in [0.2, 0.25) is 0 Å². The third-order valence-corrected chi connectivity index (χ3v) is 6.88. The van der Waals surface area contributed by atoms with Gasteiger partial charge in [-0.3, -0.25) is 0 Å². The average Bonchev–Trinajstić information content (AvgIpc) is 2.27. The molecule has 0 saturated carbocycles. The molecule has 3 heteroatoms. The average molecular weight is 238 g/mol. The molecule has 1 rings (SSSR count). The maximum absolute atomic E-state index is 9.96. The van der Waals surface area contributed by atoms with Gasteiger partial charge < -0.3 is 9.53 Å². The number of hydrogen-bond acceptors (Lipinski definition) is 2. The van der Waals surface area contributed by atoms with Crippen molar-refractivity contribution in [1.29, 1.82) is 0 Å². The normalized spacial score (nSPS) is 14.1. The molecule has 0 bridgehead atoms. The van der Waals surface area contributed by atoms with Crippen molar-refractivity contribution in [1.82, 2.24) is 0 Å². The predicted octanol–water partition coefficient (Wildman–Crippen LogP) is 3.35. The maximum atomic E-state index is 9.96. The summed E-state index contributed by atoms with van der Waals surface area (Å²) in [7, 11) is -1.64.